The van der Waals surface area contributed by atoms with Crippen LogP contribution in [-0.4, -0.2) is 9.13 Å². The van der Waals surface area contributed by atoms with Crippen molar-refractivity contribution in [3.8, 4) is 45.8 Å². The topological polar surface area (TPSA) is 57.4 Å². The summed E-state index contributed by atoms with van der Waals surface area (Å²) in [5.74, 6) is 0. The van der Waals surface area contributed by atoms with Crippen molar-refractivity contribution in [3.05, 3.63) is 169 Å². The molecular formula is C44H26N4. The SMILES string of the molecule is N#Cc1cc(-c2ccccc2-n2c3ccccc3c3ccccc32)cc(-c2ccc(-n3c4ccccc4c4ccccc43)cc2)c1C#N. The zero-order chi connectivity index (χ0) is 32.2. The summed E-state index contributed by atoms with van der Waals surface area (Å²) in [5.41, 5.74) is 10.7. The van der Waals surface area contributed by atoms with Gasteiger partial charge in [-0.1, -0.05) is 103 Å². The van der Waals surface area contributed by atoms with Crippen LogP contribution in [0.4, 0.5) is 0 Å². The van der Waals surface area contributed by atoms with Crippen molar-refractivity contribution in [2.24, 2.45) is 0 Å². The van der Waals surface area contributed by atoms with Gasteiger partial charge in [-0.2, -0.15) is 10.5 Å². The lowest BCUT2D eigenvalue weighted by molar-refractivity contribution is 1.18. The molecule has 0 radical (unpaired) electrons. The highest BCUT2D eigenvalue weighted by molar-refractivity contribution is 6.10. The molecule has 0 aliphatic carbocycles. The first-order valence-electron chi connectivity index (χ1n) is 15.9. The van der Waals surface area contributed by atoms with Crippen LogP contribution < -0.4 is 0 Å². The Labute approximate surface area is 277 Å². The summed E-state index contributed by atoms with van der Waals surface area (Å²) in [6, 6.07) is 59.0. The van der Waals surface area contributed by atoms with Gasteiger partial charge in [-0.25, -0.2) is 0 Å². The van der Waals surface area contributed by atoms with E-state index in [0.717, 1.165) is 55.7 Å². The summed E-state index contributed by atoms with van der Waals surface area (Å²) in [7, 11) is 0. The lowest BCUT2D eigenvalue weighted by atomic mass is 9.91. The molecule has 2 heterocycles. The van der Waals surface area contributed by atoms with Crippen molar-refractivity contribution in [1.82, 2.24) is 9.13 Å². The number of hydrogen-bond acceptors (Lipinski definition) is 2. The van der Waals surface area contributed by atoms with Crippen molar-refractivity contribution in [1.29, 1.82) is 10.5 Å². The van der Waals surface area contributed by atoms with Gasteiger partial charge in [-0.3, -0.25) is 0 Å². The van der Waals surface area contributed by atoms with E-state index in [1.54, 1.807) is 0 Å². The maximum atomic E-state index is 10.3. The fourth-order valence-corrected chi connectivity index (χ4v) is 7.32. The number of nitriles is 2. The van der Waals surface area contributed by atoms with Gasteiger partial charge in [-0.05, 0) is 65.7 Å². The van der Waals surface area contributed by atoms with Crippen molar-refractivity contribution in [2.75, 3.05) is 0 Å². The Hall–Kier alpha value is -6.88. The highest BCUT2D eigenvalue weighted by Gasteiger charge is 2.19. The van der Waals surface area contributed by atoms with Crippen LogP contribution in [0.2, 0.25) is 0 Å². The van der Waals surface area contributed by atoms with E-state index < -0.39 is 0 Å². The van der Waals surface area contributed by atoms with Crippen LogP contribution >= 0.6 is 0 Å². The van der Waals surface area contributed by atoms with E-state index in [9.17, 15) is 10.5 Å². The summed E-state index contributed by atoms with van der Waals surface area (Å²) in [6.07, 6.45) is 0. The second kappa shape index (κ2) is 10.9. The van der Waals surface area contributed by atoms with E-state index in [2.05, 4.69) is 161 Å². The molecule has 7 aromatic carbocycles. The average Bonchev–Trinajstić information content (AvgIpc) is 3.67. The minimum atomic E-state index is 0.355. The Balaban J connectivity index is 1.23. The highest BCUT2D eigenvalue weighted by atomic mass is 15.0. The van der Waals surface area contributed by atoms with Gasteiger partial charge < -0.3 is 9.13 Å². The first kappa shape index (κ1) is 27.4. The number of rotatable bonds is 4. The Bertz CT molecular complexity index is 2690. The second-order valence-corrected chi connectivity index (χ2v) is 12.0. The quantitative estimate of drug-likeness (QED) is 0.199. The van der Waals surface area contributed by atoms with Gasteiger partial charge in [0.1, 0.15) is 12.1 Å². The smallest absolute Gasteiger partial charge is 0.101 e. The van der Waals surface area contributed by atoms with Crippen molar-refractivity contribution in [3.63, 3.8) is 0 Å². The van der Waals surface area contributed by atoms with E-state index in [1.807, 2.05) is 18.2 Å². The van der Waals surface area contributed by atoms with Gasteiger partial charge in [0.05, 0.1) is 38.9 Å². The molecule has 0 spiro atoms. The Morgan fingerprint density at radius 1 is 0.396 bits per heavy atom. The lowest BCUT2D eigenvalue weighted by Gasteiger charge is -2.16. The molecule has 0 aliphatic rings. The van der Waals surface area contributed by atoms with Crippen LogP contribution in [0.15, 0.2) is 158 Å². The molecule has 0 atom stereocenters. The molecule has 0 saturated heterocycles. The molecule has 0 N–H and O–H groups in total. The molecular weight excluding hydrogens is 585 g/mol. The number of aromatic nitrogens is 2. The molecule has 48 heavy (non-hydrogen) atoms. The predicted molar refractivity (Wildman–Crippen MR) is 195 cm³/mol. The highest BCUT2D eigenvalue weighted by Crippen LogP contribution is 2.39. The monoisotopic (exact) mass is 610 g/mol. The van der Waals surface area contributed by atoms with Crippen LogP contribution in [0.3, 0.4) is 0 Å². The number of nitrogens with zero attached hydrogens (tertiary/aromatic N) is 4. The van der Waals surface area contributed by atoms with Crippen LogP contribution in [0.25, 0.3) is 77.2 Å². The fourth-order valence-electron chi connectivity index (χ4n) is 7.32. The molecule has 9 aromatic rings. The number of benzene rings is 7. The molecule has 4 nitrogen and oxygen atoms in total. The maximum Gasteiger partial charge on any atom is 0.101 e. The number of para-hydroxylation sites is 5. The van der Waals surface area contributed by atoms with E-state index >= 15 is 0 Å². The second-order valence-electron chi connectivity index (χ2n) is 12.0. The third kappa shape index (κ3) is 4.07. The molecule has 0 amide bonds. The minimum Gasteiger partial charge on any atom is -0.309 e. The van der Waals surface area contributed by atoms with Gasteiger partial charge in [0.15, 0.2) is 0 Å². The van der Waals surface area contributed by atoms with E-state index in [4.69, 9.17) is 0 Å². The standard InChI is InChI=1S/C44H26N4/c45-27-31-25-30(33-11-1-6-16-40(33)48-43-19-9-4-14-36(43)37-15-5-10-20-44(37)48)26-38(39(31)28-46)29-21-23-32(24-22-29)47-41-17-7-2-12-34(41)35-13-3-8-18-42(35)47/h1-26H. The lowest BCUT2D eigenvalue weighted by Crippen LogP contribution is -1.99. The van der Waals surface area contributed by atoms with Crippen molar-refractivity contribution < 1.29 is 0 Å². The summed E-state index contributed by atoms with van der Waals surface area (Å²) in [5, 5.41) is 25.4. The third-order valence-corrected chi connectivity index (χ3v) is 9.42. The molecule has 4 heteroatoms. The van der Waals surface area contributed by atoms with E-state index in [0.29, 0.717) is 11.1 Å². The largest absolute Gasteiger partial charge is 0.309 e. The molecule has 2 aromatic heterocycles. The first-order valence-corrected chi connectivity index (χ1v) is 15.9. The molecule has 0 aliphatic heterocycles. The predicted octanol–water partition coefficient (Wildman–Crippen LogP) is 11.0. The van der Waals surface area contributed by atoms with Gasteiger partial charge in [-0.15, -0.1) is 0 Å². The molecule has 0 unspecified atom stereocenters. The molecule has 222 valence electrons. The number of hydrogen-bond donors (Lipinski definition) is 0. The summed E-state index contributed by atoms with van der Waals surface area (Å²) < 4.78 is 4.57. The van der Waals surface area contributed by atoms with Crippen molar-refractivity contribution >= 4 is 43.6 Å². The normalized spacial score (nSPS) is 11.3. The van der Waals surface area contributed by atoms with E-state index in [-0.39, 0.29) is 0 Å². The molecule has 9 rings (SSSR count). The summed E-state index contributed by atoms with van der Waals surface area (Å²) >= 11 is 0. The van der Waals surface area contributed by atoms with Gasteiger partial charge in [0.2, 0.25) is 0 Å². The third-order valence-electron chi connectivity index (χ3n) is 9.42. The summed E-state index contributed by atoms with van der Waals surface area (Å²) in [6.45, 7) is 0. The molecule has 0 bridgehead atoms. The number of fused-ring (bicyclic) bond motifs is 6. The van der Waals surface area contributed by atoms with Crippen LogP contribution in [0, 0.1) is 22.7 Å². The Morgan fingerprint density at radius 3 is 1.40 bits per heavy atom. The Morgan fingerprint density at radius 2 is 0.875 bits per heavy atom. The zero-order valence-corrected chi connectivity index (χ0v) is 25.8. The average molecular weight is 611 g/mol. The maximum absolute atomic E-state index is 10.3. The fraction of sp³-hybridized carbons (Fsp3) is 0. The van der Waals surface area contributed by atoms with Crippen molar-refractivity contribution in [2.45, 2.75) is 0 Å². The van der Waals surface area contributed by atoms with Gasteiger partial charge in [0, 0.05) is 38.4 Å². The minimum absolute atomic E-state index is 0.355. The summed E-state index contributed by atoms with van der Waals surface area (Å²) in [4.78, 5) is 0. The molecule has 0 fully saturated rings. The zero-order valence-electron chi connectivity index (χ0n) is 25.8. The Kier molecular flexibility index (Phi) is 6.22. The van der Waals surface area contributed by atoms with Crippen LogP contribution in [-0.2, 0) is 0 Å². The van der Waals surface area contributed by atoms with Crippen LogP contribution in [0.5, 0.6) is 0 Å². The van der Waals surface area contributed by atoms with Gasteiger partial charge >= 0.3 is 0 Å². The first-order chi connectivity index (χ1) is 23.7. The molecule has 0 saturated carbocycles. The van der Waals surface area contributed by atoms with Crippen LogP contribution in [0.1, 0.15) is 11.1 Å². The van der Waals surface area contributed by atoms with Gasteiger partial charge in [0.25, 0.3) is 0 Å². The van der Waals surface area contributed by atoms with E-state index in [1.165, 1.54) is 21.5 Å².